The van der Waals surface area contributed by atoms with Gasteiger partial charge in [-0.15, -0.1) is 11.6 Å². The summed E-state index contributed by atoms with van der Waals surface area (Å²) in [7, 11) is 0. The number of halogens is 2. The second kappa shape index (κ2) is 4.22. The van der Waals surface area contributed by atoms with Crippen molar-refractivity contribution in [2.75, 3.05) is 11.6 Å². The van der Waals surface area contributed by atoms with Gasteiger partial charge in [0.05, 0.1) is 16.5 Å². The zero-order valence-electron chi connectivity index (χ0n) is 7.37. The maximum absolute atomic E-state index is 13.4. The van der Waals surface area contributed by atoms with Gasteiger partial charge < -0.3 is 5.73 Å². The molecule has 2 N–H and O–H groups in total. The number of rotatable bonds is 3. The molecule has 0 aromatic heterocycles. The second-order valence-corrected chi connectivity index (χ2v) is 2.94. The molecule has 0 aliphatic heterocycles. The number of anilines is 1. The van der Waals surface area contributed by atoms with E-state index in [0.29, 0.717) is 0 Å². The maximum Gasteiger partial charge on any atom is 0.283 e. The van der Waals surface area contributed by atoms with Crippen LogP contribution in [0.15, 0.2) is 12.1 Å². The highest BCUT2D eigenvalue weighted by molar-refractivity contribution is 6.31. The Balaban J connectivity index is 3.48. The Labute approximate surface area is 88.8 Å². The lowest BCUT2D eigenvalue weighted by Crippen LogP contribution is -2.10. The van der Waals surface area contributed by atoms with Crippen LogP contribution in [0.3, 0.4) is 0 Å². The largest absolute Gasteiger partial charge is 0.396 e. The number of Topliss-reactive ketones (excluding diaryl/α,β-unsaturated/α-hetero) is 1. The van der Waals surface area contributed by atoms with Crippen LogP contribution >= 0.6 is 11.6 Å². The van der Waals surface area contributed by atoms with Gasteiger partial charge in [0.1, 0.15) is 5.56 Å². The first-order valence-corrected chi connectivity index (χ1v) is 4.34. The standard InChI is InChI=1S/C8H6ClFN2O3/c9-3-6(13)7-5(12(14)15)2-1-4(11)8(7)10/h1-2H,3,11H2. The first-order valence-electron chi connectivity index (χ1n) is 3.80. The van der Waals surface area contributed by atoms with Gasteiger partial charge in [-0.2, -0.15) is 0 Å². The third-order valence-electron chi connectivity index (χ3n) is 1.75. The third-order valence-corrected chi connectivity index (χ3v) is 1.99. The molecule has 1 aromatic carbocycles. The first-order chi connectivity index (χ1) is 6.99. The summed E-state index contributed by atoms with van der Waals surface area (Å²) >= 11 is 5.21. The fourth-order valence-electron chi connectivity index (χ4n) is 1.07. The van der Waals surface area contributed by atoms with Gasteiger partial charge in [-0.05, 0) is 6.07 Å². The molecule has 0 fully saturated rings. The molecule has 5 nitrogen and oxygen atoms in total. The molecule has 0 bridgehead atoms. The predicted molar refractivity (Wildman–Crippen MR) is 52.5 cm³/mol. The predicted octanol–water partition coefficient (Wildman–Crippen LogP) is 1.74. The van der Waals surface area contributed by atoms with E-state index in [-0.39, 0.29) is 5.69 Å². The van der Waals surface area contributed by atoms with E-state index in [4.69, 9.17) is 17.3 Å². The number of benzene rings is 1. The summed E-state index contributed by atoms with van der Waals surface area (Å²) in [6.45, 7) is 0. The van der Waals surface area contributed by atoms with Crippen LogP contribution in [-0.4, -0.2) is 16.6 Å². The van der Waals surface area contributed by atoms with Crippen LogP contribution in [0, 0.1) is 15.9 Å². The summed E-state index contributed by atoms with van der Waals surface area (Å²) in [4.78, 5) is 20.8. The first kappa shape index (κ1) is 11.4. The van der Waals surface area contributed by atoms with Crippen molar-refractivity contribution in [3.63, 3.8) is 0 Å². The average molecular weight is 233 g/mol. The molecule has 0 unspecified atom stereocenters. The van der Waals surface area contributed by atoms with Crippen LogP contribution in [0.2, 0.25) is 0 Å². The van der Waals surface area contributed by atoms with E-state index >= 15 is 0 Å². The Morgan fingerprint density at radius 3 is 2.67 bits per heavy atom. The Kier molecular flexibility index (Phi) is 3.21. The van der Waals surface area contributed by atoms with E-state index in [1.54, 1.807) is 0 Å². The number of nitrogens with two attached hydrogens (primary N) is 1. The number of nitro groups is 1. The van der Waals surface area contributed by atoms with Gasteiger partial charge in [0.25, 0.3) is 5.69 Å². The molecule has 0 saturated carbocycles. The van der Waals surface area contributed by atoms with Gasteiger partial charge in [0.2, 0.25) is 0 Å². The van der Waals surface area contributed by atoms with E-state index in [1.165, 1.54) is 0 Å². The number of carbonyl (C=O) groups is 1. The van der Waals surface area contributed by atoms with Crippen LogP contribution in [0.25, 0.3) is 0 Å². The molecule has 80 valence electrons. The molecule has 7 heteroatoms. The van der Waals surface area contributed by atoms with Crippen molar-refractivity contribution in [1.82, 2.24) is 0 Å². The fraction of sp³-hybridized carbons (Fsp3) is 0.125. The SMILES string of the molecule is Nc1ccc([N+](=O)[O-])c(C(=O)CCl)c1F. The van der Waals surface area contributed by atoms with Crippen molar-refractivity contribution >= 4 is 28.8 Å². The lowest BCUT2D eigenvalue weighted by Gasteiger charge is -2.03. The molecule has 0 amide bonds. The topological polar surface area (TPSA) is 86.2 Å². The molecule has 0 atom stereocenters. The van der Waals surface area contributed by atoms with Gasteiger partial charge in [-0.1, -0.05) is 0 Å². The minimum Gasteiger partial charge on any atom is -0.396 e. The normalized spacial score (nSPS) is 10.0. The van der Waals surface area contributed by atoms with Crippen molar-refractivity contribution in [1.29, 1.82) is 0 Å². The van der Waals surface area contributed by atoms with Crippen LogP contribution in [0.4, 0.5) is 15.8 Å². The summed E-state index contributed by atoms with van der Waals surface area (Å²) in [6.07, 6.45) is 0. The molecule has 1 rings (SSSR count). The zero-order chi connectivity index (χ0) is 11.6. The lowest BCUT2D eigenvalue weighted by atomic mass is 10.1. The molecule has 0 aliphatic carbocycles. The molecule has 0 spiro atoms. The van der Waals surface area contributed by atoms with E-state index < -0.39 is 33.7 Å². The minimum absolute atomic E-state index is 0.325. The summed E-state index contributed by atoms with van der Waals surface area (Å²) in [5.74, 6) is -2.51. The summed E-state index contributed by atoms with van der Waals surface area (Å²) in [5.41, 5.74) is 3.56. The van der Waals surface area contributed by atoms with Gasteiger partial charge in [-0.3, -0.25) is 14.9 Å². The van der Waals surface area contributed by atoms with Gasteiger partial charge in [0.15, 0.2) is 11.6 Å². The van der Waals surface area contributed by atoms with Gasteiger partial charge >= 0.3 is 0 Å². The highest BCUT2D eigenvalue weighted by Gasteiger charge is 2.25. The Bertz CT molecular complexity index is 436. The monoisotopic (exact) mass is 232 g/mol. The molecule has 1 aromatic rings. The highest BCUT2D eigenvalue weighted by Crippen LogP contribution is 2.26. The number of nitro benzene ring substituents is 1. The van der Waals surface area contributed by atoms with Gasteiger partial charge in [-0.25, -0.2) is 4.39 Å². The number of carbonyl (C=O) groups excluding carboxylic acids is 1. The van der Waals surface area contributed by atoms with Crippen LogP contribution in [0.5, 0.6) is 0 Å². The number of alkyl halides is 1. The van der Waals surface area contributed by atoms with Crippen molar-refractivity contribution < 1.29 is 14.1 Å². The molecule has 0 radical (unpaired) electrons. The number of nitrogens with zero attached hydrogens (tertiary/aromatic N) is 1. The molecule has 15 heavy (non-hydrogen) atoms. The molecule has 0 heterocycles. The lowest BCUT2D eigenvalue weighted by molar-refractivity contribution is -0.385. The van der Waals surface area contributed by atoms with E-state index in [1.807, 2.05) is 0 Å². The molecular formula is C8H6ClFN2O3. The Morgan fingerprint density at radius 1 is 1.60 bits per heavy atom. The van der Waals surface area contributed by atoms with Crippen molar-refractivity contribution in [3.05, 3.63) is 33.6 Å². The van der Waals surface area contributed by atoms with Crippen molar-refractivity contribution in [2.24, 2.45) is 0 Å². The van der Waals surface area contributed by atoms with Crippen molar-refractivity contribution in [3.8, 4) is 0 Å². The van der Waals surface area contributed by atoms with Crippen LogP contribution < -0.4 is 5.73 Å². The van der Waals surface area contributed by atoms with Gasteiger partial charge in [0, 0.05) is 6.07 Å². The zero-order valence-corrected chi connectivity index (χ0v) is 8.12. The number of hydrogen-bond acceptors (Lipinski definition) is 4. The third kappa shape index (κ3) is 2.04. The summed E-state index contributed by atoms with van der Waals surface area (Å²) in [6, 6.07) is 2.00. The maximum atomic E-state index is 13.4. The Hall–Kier alpha value is -1.69. The Morgan fingerprint density at radius 2 is 2.20 bits per heavy atom. The number of hydrogen-bond donors (Lipinski definition) is 1. The van der Waals surface area contributed by atoms with E-state index in [0.717, 1.165) is 12.1 Å². The quantitative estimate of drug-likeness (QED) is 0.283. The summed E-state index contributed by atoms with van der Waals surface area (Å²) < 4.78 is 13.4. The molecular weight excluding hydrogens is 227 g/mol. The van der Waals surface area contributed by atoms with Crippen LogP contribution in [0.1, 0.15) is 10.4 Å². The van der Waals surface area contributed by atoms with E-state index in [9.17, 15) is 19.3 Å². The molecule has 0 saturated heterocycles. The molecule has 0 aliphatic rings. The summed E-state index contributed by atoms with van der Waals surface area (Å²) in [5, 5.41) is 10.5. The highest BCUT2D eigenvalue weighted by atomic mass is 35.5. The van der Waals surface area contributed by atoms with E-state index in [2.05, 4.69) is 0 Å². The smallest absolute Gasteiger partial charge is 0.283 e. The average Bonchev–Trinajstić information content (AvgIpc) is 2.20. The fourth-order valence-corrected chi connectivity index (χ4v) is 1.20. The number of ketones is 1. The van der Waals surface area contributed by atoms with Crippen molar-refractivity contribution in [2.45, 2.75) is 0 Å². The minimum atomic E-state index is -1.10. The number of nitrogen functional groups attached to an aromatic ring is 1. The van der Waals surface area contributed by atoms with Crippen LogP contribution in [-0.2, 0) is 0 Å². The second-order valence-electron chi connectivity index (χ2n) is 2.68.